The molecule has 1 aromatic rings. The third kappa shape index (κ3) is 5.05. The molecule has 0 aliphatic heterocycles. The summed E-state index contributed by atoms with van der Waals surface area (Å²) >= 11 is 0. The zero-order valence-corrected chi connectivity index (χ0v) is 11.5. The van der Waals surface area contributed by atoms with E-state index in [1.165, 1.54) is 19.3 Å². The molecular weight excluding hydrogens is 224 g/mol. The Hall–Kier alpha value is -1.09. The van der Waals surface area contributed by atoms with Crippen molar-refractivity contribution in [3.63, 3.8) is 0 Å². The van der Waals surface area contributed by atoms with E-state index >= 15 is 0 Å². The smallest absolute Gasteiger partial charge is 0.122 e. The Balaban J connectivity index is 1.72. The summed E-state index contributed by atoms with van der Waals surface area (Å²) in [6, 6.07) is 3.99. The summed E-state index contributed by atoms with van der Waals surface area (Å²) < 4.78 is 5.76. The lowest BCUT2D eigenvalue weighted by molar-refractivity contribution is 0.301. The van der Waals surface area contributed by atoms with Crippen molar-refractivity contribution >= 4 is 0 Å². The SMILES string of the molecule is CC(C)CNCc1cc(OCCC2CC2)ccn1. The summed E-state index contributed by atoms with van der Waals surface area (Å²) in [6.45, 7) is 7.09. The molecule has 1 saturated carbocycles. The van der Waals surface area contributed by atoms with Crippen molar-refractivity contribution in [2.75, 3.05) is 13.2 Å². The summed E-state index contributed by atoms with van der Waals surface area (Å²) in [5.74, 6) is 2.55. The molecule has 0 saturated heterocycles. The van der Waals surface area contributed by atoms with E-state index in [-0.39, 0.29) is 0 Å². The van der Waals surface area contributed by atoms with E-state index in [4.69, 9.17) is 4.74 Å². The standard InChI is InChI=1S/C15H24N2O/c1-12(2)10-16-11-14-9-15(5-7-17-14)18-8-6-13-3-4-13/h5,7,9,12-13,16H,3-4,6,8,10-11H2,1-2H3. The van der Waals surface area contributed by atoms with Crippen LogP contribution in [0.4, 0.5) is 0 Å². The quantitative estimate of drug-likeness (QED) is 0.768. The van der Waals surface area contributed by atoms with Gasteiger partial charge in [0.1, 0.15) is 5.75 Å². The van der Waals surface area contributed by atoms with Gasteiger partial charge >= 0.3 is 0 Å². The lowest BCUT2D eigenvalue weighted by Crippen LogP contribution is -2.19. The van der Waals surface area contributed by atoms with Crippen molar-refractivity contribution in [3.05, 3.63) is 24.0 Å². The molecule has 3 heteroatoms. The number of nitrogens with one attached hydrogen (secondary N) is 1. The van der Waals surface area contributed by atoms with Gasteiger partial charge in [0.25, 0.3) is 0 Å². The molecule has 0 spiro atoms. The van der Waals surface area contributed by atoms with Gasteiger partial charge in [-0.1, -0.05) is 26.7 Å². The second-order valence-electron chi connectivity index (χ2n) is 5.59. The van der Waals surface area contributed by atoms with Crippen molar-refractivity contribution in [2.45, 2.75) is 39.7 Å². The highest BCUT2D eigenvalue weighted by molar-refractivity contribution is 5.22. The summed E-state index contributed by atoms with van der Waals surface area (Å²) in [5, 5.41) is 3.39. The van der Waals surface area contributed by atoms with E-state index in [0.29, 0.717) is 5.92 Å². The van der Waals surface area contributed by atoms with Gasteiger partial charge in [0.05, 0.1) is 12.3 Å². The van der Waals surface area contributed by atoms with Gasteiger partial charge in [0, 0.05) is 18.8 Å². The minimum atomic E-state index is 0.669. The molecule has 3 nitrogen and oxygen atoms in total. The highest BCUT2D eigenvalue weighted by Gasteiger charge is 2.20. The van der Waals surface area contributed by atoms with Gasteiger partial charge in [0.15, 0.2) is 0 Å². The molecule has 0 radical (unpaired) electrons. The minimum Gasteiger partial charge on any atom is -0.493 e. The molecule has 0 bridgehead atoms. The Morgan fingerprint density at radius 2 is 2.28 bits per heavy atom. The zero-order chi connectivity index (χ0) is 12.8. The number of ether oxygens (including phenoxy) is 1. The third-order valence-corrected chi connectivity index (χ3v) is 3.14. The fourth-order valence-corrected chi connectivity index (χ4v) is 1.88. The molecule has 0 aromatic carbocycles. The van der Waals surface area contributed by atoms with E-state index < -0.39 is 0 Å². The van der Waals surface area contributed by atoms with Crippen molar-refractivity contribution in [1.82, 2.24) is 10.3 Å². The average Bonchev–Trinajstić information content (AvgIpc) is 3.13. The Labute approximate surface area is 110 Å². The number of hydrogen-bond acceptors (Lipinski definition) is 3. The number of rotatable bonds is 8. The van der Waals surface area contributed by atoms with Crippen LogP contribution in [0.2, 0.25) is 0 Å². The van der Waals surface area contributed by atoms with Crippen molar-refractivity contribution in [3.8, 4) is 5.75 Å². The maximum Gasteiger partial charge on any atom is 0.122 e. The maximum absolute atomic E-state index is 5.76. The van der Waals surface area contributed by atoms with Crippen LogP contribution in [0.25, 0.3) is 0 Å². The molecule has 2 rings (SSSR count). The van der Waals surface area contributed by atoms with Gasteiger partial charge in [-0.2, -0.15) is 0 Å². The Morgan fingerprint density at radius 1 is 1.44 bits per heavy atom. The number of hydrogen-bond donors (Lipinski definition) is 1. The number of nitrogens with zero attached hydrogens (tertiary/aromatic N) is 1. The lowest BCUT2D eigenvalue weighted by Gasteiger charge is -2.09. The van der Waals surface area contributed by atoms with Crippen LogP contribution in [0.1, 0.15) is 38.8 Å². The maximum atomic E-state index is 5.76. The molecular formula is C15H24N2O. The molecule has 0 atom stereocenters. The monoisotopic (exact) mass is 248 g/mol. The van der Waals surface area contributed by atoms with Crippen molar-refractivity contribution < 1.29 is 4.74 Å². The second-order valence-corrected chi connectivity index (χ2v) is 5.59. The summed E-state index contributed by atoms with van der Waals surface area (Å²) in [5.41, 5.74) is 1.06. The molecule has 0 amide bonds. The van der Waals surface area contributed by atoms with Crippen LogP contribution in [-0.4, -0.2) is 18.1 Å². The van der Waals surface area contributed by atoms with Gasteiger partial charge in [-0.25, -0.2) is 0 Å². The molecule has 0 unspecified atom stereocenters. The minimum absolute atomic E-state index is 0.669. The normalized spacial score (nSPS) is 15.1. The first-order valence-electron chi connectivity index (χ1n) is 7.02. The first-order valence-corrected chi connectivity index (χ1v) is 7.02. The topological polar surface area (TPSA) is 34.1 Å². The second kappa shape index (κ2) is 6.74. The van der Waals surface area contributed by atoms with Crippen LogP contribution in [0.15, 0.2) is 18.3 Å². The number of pyridine rings is 1. The van der Waals surface area contributed by atoms with Crippen LogP contribution in [0, 0.1) is 11.8 Å². The van der Waals surface area contributed by atoms with E-state index in [1.54, 1.807) is 0 Å². The third-order valence-electron chi connectivity index (χ3n) is 3.14. The Bertz CT molecular complexity index is 338. The molecule has 18 heavy (non-hydrogen) atoms. The van der Waals surface area contributed by atoms with Gasteiger partial charge in [-0.3, -0.25) is 4.98 Å². The predicted octanol–water partition coefficient (Wildman–Crippen LogP) is 3.01. The average molecular weight is 248 g/mol. The Morgan fingerprint density at radius 3 is 3.00 bits per heavy atom. The van der Waals surface area contributed by atoms with Gasteiger partial charge in [0.2, 0.25) is 0 Å². The van der Waals surface area contributed by atoms with Crippen molar-refractivity contribution in [1.29, 1.82) is 0 Å². The Kier molecular flexibility index (Phi) is 5.00. The molecule has 1 fully saturated rings. The highest BCUT2D eigenvalue weighted by atomic mass is 16.5. The lowest BCUT2D eigenvalue weighted by atomic mass is 10.2. The van der Waals surface area contributed by atoms with Crippen LogP contribution in [0.5, 0.6) is 5.75 Å². The molecule has 1 N–H and O–H groups in total. The first-order chi connectivity index (χ1) is 8.74. The van der Waals surface area contributed by atoms with E-state index in [9.17, 15) is 0 Å². The van der Waals surface area contributed by atoms with E-state index in [1.807, 2.05) is 18.3 Å². The molecule has 1 heterocycles. The van der Waals surface area contributed by atoms with E-state index in [0.717, 1.165) is 37.1 Å². The van der Waals surface area contributed by atoms with Crippen LogP contribution in [-0.2, 0) is 6.54 Å². The summed E-state index contributed by atoms with van der Waals surface area (Å²) in [4.78, 5) is 4.35. The first kappa shape index (κ1) is 13.3. The van der Waals surface area contributed by atoms with Crippen LogP contribution >= 0.6 is 0 Å². The van der Waals surface area contributed by atoms with Crippen molar-refractivity contribution in [2.24, 2.45) is 11.8 Å². The summed E-state index contributed by atoms with van der Waals surface area (Å²) in [7, 11) is 0. The molecule has 1 aromatic heterocycles. The van der Waals surface area contributed by atoms with Crippen LogP contribution < -0.4 is 10.1 Å². The largest absolute Gasteiger partial charge is 0.493 e. The molecule has 1 aliphatic carbocycles. The number of aromatic nitrogens is 1. The fraction of sp³-hybridized carbons (Fsp3) is 0.667. The molecule has 1 aliphatic rings. The molecule has 100 valence electrons. The highest BCUT2D eigenvalue weighted by Crippen LogP contribution is 2.32. The van der Waals surface area contributed by atoms with Gasteiger partial charge in [-0.15, -0.1) is 0 Å². The van der Waals surface area contributed by atoms with Gasteiger partial charge in [-0.05, 0) is 30.9 Å². The van der Waals surface area contributed by atoms with Crippen LogP contribution in [0.3, 0.4) is 0 Å². The van der Waals surface area contributed by atoms with E-state index in [2.05, 4.69) is 24.1 Å². The predicted molar refractivity (Wildman–Crippen MR) is 73.6 cm³/mol. The van der Waals surface area contributed by atoms with Gasteiger partial charge < -0.3 is 10.1 Å². The fourth-order valence-electron chi connectivity index (χ4n) is 1.88. The summed E-state index contributed by atoms with van der Waals surface area (Å²) in [6.07, 6.45) is 5.82. The zero-order valence-electron chi connectivity index (χ0n) is 11.5.